The highest BCUT2D eigenvalue weighted by Gasteiger charge is 2.33. The van der Waals surface area contributed by atoms with Crippen LogP contribution in [0.4, 0.5) is 0 Å². The molecule has 0 amide bonds. The molecule has 0 spiro atoms. The molecule has 3 atom stereocenters. The van der Waals surface area contributed by atoms with Crippen LogP contribution < -0.4 is 0 Å². The topological polar surface area (TPSA) is 26.3 Å². The molecule has 0 aliphatic heterocycles. The third-order valence-electron chi connectivity index (χ3n) is 4.60. The first-order chi connectivity index (χ1) is 10.0. The lowest BCUT2D eigenvalue weighted by Gasteiger charge is -2.36. The van der Waals surface area contributed by atoms with Gasteiger partial charge in [-0.3, -0.25) is 0 Å². The van der Waals surface area contributed by atoms with E-state index in [9.17, 15) is 4.79 Å². The lowest BCUT2D eigenvalue weighted by atomic mass is 9.75. The zero-order valence-electron chi connectivity index (χ0n) is 13.3. The summed E-state index contributed by atoms with van der Waals surface area (Å²) in [5, 5.41) is 0. The van der Waals surface area contributed by atoms with E-state index in [1.807, 2.05) is 24.3 Å². The summed E-state index contributed by atoms with van der Waals surface area (Å²) in [4.78, 5) is 12.3. The Morgan fingerprint density at radius 1 is 1.29 bits per heavy atom. The van der Waals surface area contributed by atoms with Gasteiger partial charge in [-0.2, -0.15) is 0 Å². The fraction of sp³-hybridized carbons (Fsp3) is 0.526. The fourth-order valence-electron chi connectivity index (χ4n) is 3.21. The maximum Gasteiger partial charge on any atom is 0.338 e. The molecule has 0 N–H and O–H groups in total. The van der Waals surface area contributed by atoms with Gasteiger partial charge in [0.1, 0.15) is 6.10 Å². The molecular weight excluding hydrogens is 260 g/mol. The Morgan fingerprint density at radius 2 is 1.95 bits per heavy atom. The smallest absolute Gasteiger partial charge is 0.338 e. The minimum absolute atomic E-state index is 0.0559. The summed E-state index contributed by atoms with van der Waals surface area (Å²) in [5.41, 5.74) is 1.64. The lowest BCUT2D eigenvalue weighted by molar-refractivity contribution is -0.0174. The monoisotopic (exact) mass is 286 g/mol. The molecule has 0 heterocycles. The SMILES string of the molecule is C=Cc1ccc(C(=O)OC2CC(C)CCC2C(C)C)cc1. The van der Waals surface area contributed by atoms with Crippen molar-refractivity contribution in [3.8, 4) is 0 Å². The highest BCUT2D eigenvalue weighted by atomic mass is 16.5. The number of carbonyl (C=O) groups is 1. The van der Waals surface area contributed by atoms with Crippen LogP contribution in [0.2, 0.25) is 0 Å². The summed E-state index contributed by atoms with van der Waals surface area (Å²) < 4.78 is 5.83. The predicted molar refractivity (Wildman–Crippen MR) is 87.1 cm³/mol. The summed E-state index contributed by atoms with van der Waals surface area (Å²) in [6, 6.07) is 7.42. The van der Waals surface area contributed by atoms with E-state index in [1.54, 1.807) is 6.08 Å². The summed E-state index contributed by atoms with van der Waals surface area (Å²) in [6.07, 6.45) is 5.21. The molecule has 0 bridgehead atoms. The Hall–Kier alpha value is -1.57. The Labute approximate surface area is 128 Å². The quantitative estimate of drug-likeness (QED) is 0.732. The number of esters is 1. The molecule has 1 aliphatic rings. The summed E-state index contributed by atoms with van der Waals surface area (Å²) >= 11 is 0. The van der Waals surface area contributed by atoms with Crippen LogP contribution >= 0.6 is 0 Å². The number of benzene rings is 1. The van der Waals surface area contributed by atoms with E-state index >= 15 is 0 Å². The van der Waals surface area contributed by atoms with Gasteiger partial charge in [-0.15, -0.1) is 0 Å². The Bertz CT molecular complexity index is 487. The van der Waals surface area contributed by atoms with Crippen LogP contribution in [-0.2, 0) is 4.74 Å². The summed E-state index contributed by atoms with van der Waals surface area (Å²) in [7, 11) is 0. The second kappa shape index (κ2) is 6.93. The van der Waals surface area contributed by atoms with Crippen molar-refractivity contribution in [2.75, 3.05) is 0 Å². The van der Waals surface area contributed by atoms with E-state index in [1.165, 1.54) is 6.42 Å². The van der Waals surface area contributed by atoms with E-state index in [4.69, 9.17) is 4.74 Å². The van der Waals surface area contributed by atoms with Gasteiger partial charge in [0, 0.05) is 0 Å². The van der Waals surface area contributed by atoms with Crippen molar-refractivity contribution >= 4 is 12.0 Å². The van der Waals surface area contributed by atoms with E-state index < -0.39 is 0 Å². The number of rotatable bonds is 4. The molecule has 3 unspecified atom stereocenters. The van der Waals surface area contributed by atoms with Gasteiger partial charge in [0.25, 0.3) is 0 Å². The number of ether oxygens (including phenoxy) is 1. The minimum Gasteiger partial charge on any atom is -0.458 e. The molecule has 2 heteroatoms. The van der Waals surface area contributed by atoms with Crippen molar-refractivity contribution in [2.45, 2.75) is 46.1 Å². The van der Waals surface area contributed by atoms with Crippen LogP contribution in [0.15, 0.2) is 30.8 Å². The van der Waals surface area contributed by atoms with E-state index in [0.29, 0.717) is 23.3 Å². The Morgan fingerprint density at radius 3 is 2.52 bits per heavy atom. The highest BCUT2D eigenvalue weighted by molar-refractivity contribution is 5.89. The van der Waals surface area contributed by atoms with Gasteiger partial charge in [-0.05, 0) is 48.3 Å². The molecule has 1 saturated carbocycles. The zero-order chi connectivity index (χ0) is 15.4. The molecule has 0 radical (unpaired) electrons. The third-order valence-corrected chi connectivity index (χ3v) is 4.60. The molecule has 1 aliphatic carbocycles. The molecule has 1 aromatic carbocycles. The molecule has 1 aromatic rings. The maximum absolute atomic E-state index is 12.3. The van der Waals surface area contributed by atoms with Gasteiger partial charge < -0.3 is 4.74 Å². The van der Waals surface area contributed by atoms with Gasteiger partial charge in [0.2, 0.25) is 0 Å². The van der Waals surface area contributed by atoms with Crippen molar-refractivity contribution < 1.29 is 9.53 Å². The maximum atomic E-state index is 12.3. The van der Waals surface area contributed by atoms with Crippen LogP contribution in [-0.4, -0.2) is 12.1 Å². The average molecular weight is 286 g/mol. The first-order valence-electron chi connectivity index (χ1n) is 7.94. The van der Waals surface area contributed by atoms with Gasteiger partial charge in [0.05, 0.1) is 5.56 Å². The molecule has 0 aromatic heterocycles. The molecular formula is C19H26O2. The van der Waals surface area contributed by atoms with Crippen LogP contribution in [0.1, 0.15) is 56.0 Å². The molecule has 21 heavy (non-hydrogen) atoms. The van der Waals surface area contributed by atoms with Crippen LogP contribution in [0.3, 0.4) is 0 Å². The van der Waals surface area contributed by atoms with Crippen molar-refractivity contribution in [3.05, 3.63) is 42.0 Å². The van der Waals surface area contributed by atoms with Gasteiger partial charge in [-0.1, -0.05) is 52.0 Å². The Balaban J connectivity index is 2.06. The predicted octanol–water partition coefficient (Wildman–Crippen LogP) is 4.95. The zero-order valence-corrected chi connectivity index (χ0v) is 13.3. The van der Waals surface area contributed by atoms with Crippen LogP contribution in [0.25, 0.3) is 6.08 Å². The van der Waals surface area contributed by atoms with Crippen molar-refractivity contribution in [1.29, 1.82) is 0 Å². The normalized spacial score (nSPS) is 25.6. The van der Waals surface area contributed by atoms with Crippen molar-refractivity contribution in [1.82, 2.24) is 0 Å². The van der Waals surface area contributed by atoms with E-state index in [2.05, 4.69) is 27.4 Å². The second-order valence-corrected chi connectivity index (χ2v) is 6.60. The highest BCUT2D eigenvalue weighted by Crippen LogP contribution is 2.35. The van der Waals surface area contributed by atoms with Crippen LogP contribution in [0.5, 0.6) is 0 Å². The molecule has 2 rings (SSSR count). The number of carbonyl (C=O) groups excluding carboxylic acids is 1. The van der Waals surface area contributed by atoms with Crippen molar-refractivity contribution in [3.63, 3.8) is 0 Å². The average Bonchev–Trinajstić information content (AvgIpc) is 2.47. The van der Waals surface area contributed by atoms with Gasteiger partial charge >= 0.3 is 5.97 Å². The molecule has 0 saturated heterocycles. The number of hydrogen-bond donors (Lipinski definition) is 0. The standard InChI is InChI=1S/C19H26O2/c1-5-15-7-9-16(10-8-15)19(20)21-18-12-14(4)6-11-17(18)13(2)3/h5,7-10,13-14,17-18H,1,6,11-12H2,2-4H3. The second-order valence-electron chi connectivity index (χ2n) is 6.60. The summed E-state index contributed by atoms with van der Waals surface area (Å²) in [5.74, 6) is 1.48. The first kappa shape index (κ1) is 15.8. The molecule has 114 valence electrons. The van der Waals surface area contributed by atoms with Crippen LogP contribution in [0, 0.1) is 17.8 Å². The lowest BCUT2D eigenvalue weighted by Crippen LogP contribution is -2.35. The largest absolute Gasteiger partial charge is 0.458 e. The molecule has 1 fully saturated rings. The van der Waals surface area contributed by atoms with Gasteiger partial charge in [-0.25, -0.2) is 4.79 Å². The summed E-state index contributed by atoms with van der Waals surface area (Å²) in [6.45, 7) is 10.4. The minimum atomic E-state index is -0.199. The van der Waals surface area contributed by atoms with E-state index in [-0.39, 0.29) is 12.1 Å². The third kappa shape index (κ3) is 3.96. The first-order valence-corrected chi connectivity index (χ1v) is 7.94. The Kier molecular flexibility index (Phi) is 5.22. The van der Waals surface area contributed by atoms with E-state index in [0.717, 1.165) is 18.4 Å². The van der Waals surface area contributed by atoms with Crippen molar-refractivity contribution in [2.24, 2.45) is 17.8 Å². The fourth-order valence-corrected chi connectivity index (χ4v) is 3.21. The number of hydrogen-bond acceptors (Lipinski definition) is 2. The molecule has 2 nitrogen and oxygen atoms in total. The van der Waals surface area contributed by atoms with Gasteiger partial charge in [0.15, 0.2) is 0 Å².